The van der Waals surface area contributed by atoms with Gasteiger partial charge in [0.2, 0.25) is 10.0 Å². The van der Waals surface area contributed by atoms with E-state index < -0.39 is 10.0 Å². The van der Waals surface area contributed by atoms with Crippen LogP contribution in [0.5, 0.6) is 0 Å². The molecule has 5 heteroatoms. The number of nitrogens with zero attached hydrogens (tertiary/aromatic N) is 1. The minimum absolute atomic E-state index is 0.302. The van der Waals surface area contributed by atoms with Crippen molar-refractivity contribution in [2.45, 2.75) is 18.4 Å². The maximum absolute atomic E-state index is 12.1. The molecule has 2 aromatic carbocycles. The molecule has 22 heavy (non-hydrogen) atoms. The summed E-state index contributed by atoms with van der Waals surface area (Å²) in [5.74, 6) is 0. The molecule has 0 unspecified atom stereocenters. The van der Waals surface area contributed by atoms with Gasteiger partial charge in [-0.1, -0.05) is 42.5 Å². The first-order valence-electron chi connectivity index (χ1n) is 7.27. The van der Waals surface area contributed by atoms with Gasteiger partial charge in [-0.15, -0.1) is 0 Å². The van der Waals surface area contributed by atoms with Crippen molar-refractivity contribution in [2.24, 2.45) is 0 Å². The van der Waals surface area contributed by atoms with E-state index >= 15 is 0 Å². The predicted molar refractivity (Wildman–Crippen MR) is 89.1 cm³/mol. The summed E-state index contributed by atoms with van der Waals surface area (Å²) in [6, 6.07) is 16.7. The Hall–Kier alpha value is -1.69. The van der Waals surface area contributed by atoms with Gasteiger partial charge in [-0.3, -0.25) is 0 Å². The third kappa shape index (κ3) is 4.66. The molecule has 1 N–H and O–H groups in total. The van der Waals surface area contributed by atoms with E-state index in [1.54, 1.807) is 30.3 Å². The van der Waals surface area contributed by atoms with Crippen LogP contribution in [-0.2, 0) is 16.6 Å². The quantitative estimate of drug-likeness (QED) is 0.853. The maximum atomic E-state index is 12.1. The van der Waals surface area contributed by atoms with E-state index in [9.17, 15) is 8.42 Å². The fourth-order valence-corrected chi connectivity index (χ4v) is 3.25. The van der Waals surface area contributed by atoms with Crippen molar-refractivity contribution < 1.29 is 8.42 Å². The van der Waals surface area contributed by atoms with E-state index in [2.05, 4.69) is 28.7 Å². The van der Waals surface area contributed by atoms with E-state index in [1.807, 2.05) is 19.2 Å². The van der Waals surface area contributed by atoms with Gasteiger partial charge in [-0.2, -0.15) is 0 Å². The van der Waals surface area contributed by atoms with Crippen molar-refractivity contribution in [1.29, 1.82) is 0 Å². The minimum Gasteiger partial charge on any atom is -0.301 e. The Morgan fingerprint density at radius 3 is 2.32 bits per heavy atom. The first-order valence-corrected chi connectivity index (χ1v) is 8.75. The van der Waals surface area contributed by atoms with Crippen molar-refractivity contribution in [1.82, 2.24) is 9.62 Å². The topological polar surface area (TPSA) is 49.4 Å². The highest BCUT2D eigenvalue weighted by atomic mass is 32.2. The molecule has 0 saturated heterocycles. The maximum Gasteiger partial charge on any atom is 0.240 e. The van der Waals surface area contributed by atoms with E-state index in [4.69, 9.17) is 0 Å². The number of benzene rings is 2. The predicted octanol–water partition coefficient (Wildman–Crippen LogP) is 2.41. The van der Waals surface area contributed by atoms with Crippen molar-refractivity contribution in [3.63, 3.8) is 0 Å². The summed E-state index contributed by atoms with van der Waals surface area (Å²) in [5, 5.41) is 0. The second-order valence-corrected chi connectivity index (χ2v) is 7.14. The molecular formula is C17H22N2O2S. The Balaban J connectivity index is 1.85. The van der Waals surface area contributed by atoms with Crippen molar-refractivity contribution in [2.75, 3.05) is 20.1 Å². The second-order valence-electron chi connectivity index (χ2n) is 5.38. The molecular weight excluding hydrogens is 296 g/mol. The monoisotopic (exact) mass is 318 g/mol. The van der Waals surface area contributed by atoms with Crippen LogP contribution >= 0.6 is 0 Å². The standard InChI is InChI=1S/C17H22N2O2S/c1-15-8-6-7-9-16(15)14-19(2)13-12-18-22(20,21)17-10-4-3-5-11-17/h3-11,18H,12-14H2,1-2H3. The molecule has 0 aliphatic heterocycles. The van der Waals surface area contributed by atoms with Crippen LogP contribution in [0.25, 0.3) is 0 Å². The molecule has 0 fully saturated rings. The van der Waals surface area contributed by atoms with Gasteiger partial charge in [0.05, 0.1) is 4.90 Å². The Bertz CT molecular complexity index is 700. The molecule has 0 aliphatic carbocycles. The largest absolute Gasteiger partial charge is 0.301 e. The highest BCUT2D eigenvalue weighted by Gasteiger charge is 2.12. The van der Waals surface area contributed by atoms with Gasteiger partial charge in [-0.25, -0.2) is 13.1 Å². The molecule has 0 saturated carbocycles. The molecule has 2 aromatic rings. The number of aryl methyl sites for hydroxylation is 1. The molecule has 0 radical (unpaired) electrons. The van der Waals surface area contributed by atoms with E-state index in [0.29, 0.717) is 18.0 Å². The van der Waals surface area contributed by atoms with Crippen LogP contribution in [0.3, 0.4) is 0 Å². The van der Waals surface area contributed by atoms with Crippen LogP contribution in [0.4, 0.5) is 0 Å². The number of rotatable bonds is 7. The van der Waals surface area contributed by atoms with Crippen molar-refractivity contribution in [3.05, 3.63) is 65.7 Å². The number of hydrogen-bond donors (Lipinski definition) is 1. The molecule has 0 amide bonds. The van der Waals surface area contributed by atoms with Crippen LogP contribution in [0.15, 0.2) is 59.5 Å². The normalized spacial score (nSPS) is 11.8. The molecule has 0 atom stereocenters. The van der Waals surface area contributed by atoms with Gasteiger partial charge >= 0.3 is 0 Å². The van der Waals surface area contributed by atoms with Gasteiger partial charge in [0.1, 0.15) is 0 Å². The van der Waals surface area contributed by atoms with E-state index in [0.717, 1.165) is 6.54 Å². The molecule has 0 aliphatic rings. The fraction of sp³-hybridized carbons (Fsp3) is 0.294. The summed E-state index contributed by atoms with van der Waals surface area (Å²) in [4.78, 5) is 2.41. The summed E-state index contributed by atoms with van der Waals surface area (Å²) in [5.41, 5.74) is 2.51. The average molecular weight is 318 g/mol. The number of likely N-dealkylation sites (N-methyl/N-ethyl adjacent to an activating group) is 1. The molecule has 0 aromatic heterocycles. The Morgan fingerprint density at radius 2 is 1.64 bits per heavy atom. The molecule has 4 nitrogen and oxygen atoms in total. The lowest BCUT2D eigenvalue weighted by atomic mass is 10.1. The summed E-state index contributed by atoms with van der Waals surface area (Å²) < 4.78 is 26.8. The van der Waals surface area contributed by atoms with Crippen LogP contribution in [-0.4, -0.2) is 33.5 Å². The van der Waals surface area contributed by atoms with Crippen molar-refractivity contribution in [3.8, 4) is 0 Å². The summed E-state index contributed by atoms with van der Waals surface area (Å²) in [7, 11) is -1.42. The van der Waals surface area contributed by atoms with Crippen molar-refractivity contribution >= 4 is 10.0 Å². The van der Waals surface area contributed by atoms with Gasteiger partial charge in [0.15, 0.2) is 0 Å². The van der Waals surface area contributed by atoms with Gasteiger partial charge in [-0.05, 0) is 37.2 Å². The summed E-state index contributed by atoms with van der Waals surface area (Å²) in [6.07, 6.45) is 0. The third-order valence-electron chi connectivity index (χ3n) is 3.54. The summed E-state index contributed by atoms with van der Waals surface area (Å²) >= 11 is 0. The Kier molecular flexibility index (Phi) is 5.71. The van der Waals surface area contributed by atoms with Crippen LogP contribution in [0.2, 0.25) is 0 Å². The Labute approximate surface area is 132 Å². The zero-order valence-electron chi connectivity index (χ0n) is 13.0. The van der Waals surface area contributed by atoms with Crippen LogP contribution < -0.4 is 4.72 Å². The van der Waals surface area contributed by atoms with Crippen LogP contribution in [0.1, 0.15) is 11.1 Å². The summed E-state index contributed by atoms with van der Waals surface area (Å²) in [6.45, 7) is 3.93. The van der Waals surface area contributed by atoms with Gasteiger partial charge in [0.25, 0.3) is 0 Å². The fourth-order valence-electron chi connectivity index (χ4n) is 2.21. The van der Waals surface area contributed by atoms with E-state index in [-0.39, 0.29) is 0 Å². The lowest BCUT2D eigenvalue weighted by Gasteiger charge is -2.18. The van der Waals surface area contributed by atoms with E-state index in [1.165, 1.54) is 11.1 Å². The molecule has 2 rings (SSSR count). The van der Waals surface area contributed by atoms with Gasteiger partial charge in [0, 0.05) is 19.6 Å². The zero-order valence-corrected chi connectivity index (χ0v) is 13.8. The SMILES string of the molecule is Cc1ccccc1CN(C)CCNS(=O)(=O)c1ccccc1. The smallest absolute Gasteiger partial charge is 0.240 e. The first kappa shape index (κ1) is 16.7. The second kappa shape index (κ2) is 7.54. The number of sulfonamides is 1. The Morgan fingerprint density at radius 1 is 1.00 bits per heavy atom. The molecule has 0 bridgehead atoms. The number of hydrogen-bond acceptors (Lipinski definition) is 3. The highest BCUT2D eigenvalue weighted by Crippen LogP contribution is 2.09. The molecule has 118 valence electrons. The molecule has 0 heterocycles. The molecule has 0 spiro atoms. The van der Waals surface area contributed by atoms with Crippen LogP contribution in [0, 0.1) is 6.92 Å². The lowest BCUT2D eigenvalue weighted by molar-refractivity contribution is 0.331. The van der Waals surface area contributed by atoms with Gasteiger partial charge < -0.3 is 4.90 Å². The highest BCUT2D eigenvalue weighted by molar-refractivity contribution is 7.89. The zero-order chi connectivity index (χ0) is 16.0. The number of nitrogens with one attached hydrogen (secondary N) is 1. The average Bonchev–Trinajstić information content (AvgIpc) is 2.50. The first-order chi connectivity index (χ1) is 10.5. The minimum atomic E-state index is -3.41. The third-order valence-corrected chi connectivity index (χ3v) is 5.02. The lowest BCUT2D eigenvalue weighted by Crippen LogP contribution is -2.32.